The van der Waals surface area contributed by atoms with Gasteiger partial charge in [0.05, 0.1) is 12.4 Å². The molecular weight excluding hydrogens is 386 g/mol. The minimum atomic E-state index is -0.293. The van der Waals surface area contributed by atoms with Gasteiger partial charge in [0.2, 0.25) is 5.91 Å². The molecule has 2 aromatic heterocycles. The molecule has 0 radical (unpaired) electrons. The van der Waals surface area contributed by atoms with Gasteiger partial charge in [-0.05, 0) is 43.2 Å². The molecule has 1 amide bonds. The summed E-state index contributed by atoms with van der Waals surface area (Å²) >= 11 is 1.42. The SMILES string of the molecule is CCCn1c(S[C@@H](C)C(=O)NCc2ccc(OC)cc2)nnc1-c1ccncc1. The molecule has 0 bridgehead atoms. The van der Waals surface area contributed by atoms with Crippen LogP contribution in [0.25, 0.3) is 11.4 Å². The van der Waals surface area contributed by atoms with E-state index in [2.05, 4.69) is 32.0 Å². The van der Waals surface area contributed by atoms with E-state index in [1.54, 1.807) is 19.5 Å². The quantitative estimate of drug-likeness (QED) is 0.542. The number of carbonyl (C=O) groups is 1. The summed E-state index contributed by atoms with van der Waals surface area (Å²) in [6.45, 7) is 5.24. The monoisotopic (exact) mass is 411 g/mol. The van der Waals surface area contributed by atoms with Gasteiger partial charge < -0.3 is 14.6 Å². The molecule has 1 N–H and O–H groups in total. The van der Waals surface area contributed by atoms with Crippen LogP contribution in [0, 0.1) is 0 Å². The molecule has 1 atom stereocenters. The second-order valence-electron chi connectivity index (χ2n) is 6.52. The minimum Gasteiger partial charge on any atom is -0.497 e. The molecule has 3 aromatic rings. The van der Waals surface area contributed by atoms with Crippen LogP contribution in [0.15, 0.2) is 53.9 Å². The normalized spacial score (nSPS) is 11.8. The van der Waals surface area contributed by atoms with Crippen LogP contribution in [0.1, 0.15) is 25.8 Å². The second kappa shape index (κ2) is 10.1. The van der Waals surface area contributed by atoms with Crippen LogP contribution in [0.2, 0.25) is 0 Å². The molecular formula is C21H25N5O2S. The first-order valence-electron chi connectivity index (χ1n) is 9.53. The molecule has 2 heterocycles. The van der Waals surface area contributed by atoms with Crippen LogP contribution < -0.4 is 10.1 Å². The number of amides is 1. The van der Waals surface area contributed by atoms with Gasteiger partial charge in [0.15, 0.2) is 11.0 Å². The van der Waals surface area contributed by atoms with Crippen molar-refractivity contribution in [1.29, 1.82) is 0 Å². The fourth-order valence-corrected chi connectivity index (χ4v) is 3.70. The second-order valence-corrected chi connectivity index (χ2v) is 7.83. The summed E-state index contributed by atoms with van der Waals surface area (Å²) in [5.74, 6) is 1.55. The fraction of sp³-hybridized carbons (Fsp3) is 0.333. The predicted molar refractivity (Wildman–Crippen MR) is 114 cm³/mol. The lowest BCUT2D eigenvalue weighted by atomic mass is 10.2. The van der Waals surface area contributed by atoms with Crippen molar-refractivity contribution in [3.05, 3.63) is 54.4 Å². The van der Waals surface area contributed by atoms with Crippen molar-refractivity contribution in [3.8, 4) is 17.1 Å². The highest BCUT2D eigenvalue weighted by Crippen LogP contribution is 2.27. The van der Waals surface area contributed by atoms with Crippen LogP contribution in [-0.4, -0.2) is 38.0 Å². The average Bonchev–Trinajstić information content (AvgIpc) is 3.15. The van der Waals surface area contributed by atoms with Crippen molar-refractivity contribution in [2.75, 3.05) is 7.11 Å². The van der Waals surface area contributed by atoms with Crippen molar-refractivity contribution in [2.24, 2.45) is 0 Å². The third kappa shape index (κ3) is 5.35. The zero-order valence-electron chi connectivity index (χ0n) is 16.8. The van der Waals surface area contributed by atoms with E-state index in [1.807, 2.05) is 43.3 Å². The van der Waals surface area contributed by atoms with Crippen molar-refractivity contribution >= 4 is 17.7 Å². The molecule has 0 aliphatic carbocycles. The van der Waals surface area contributed by atoms with E-state index in [4.69, 9.17) is 4.74 Å². The standard InChI is InChI=1S/C21H25N5O2S/c1-4-13-26-19(17-9-11-22-12-10-17)24-25-21(26)29-15(2)20(27)23-14-16-5-7-18(28-3)8-6-16/h5-12,15H,4,13-14H2,1-3H3,(H,23,27)/t15-/m0/s1. The highest BCUT2D eigenvalue weighted by Gasteiger charge is 2.20. The summed E-state index contributed by atoms with van der Waals surface area (Å²) in [6.07, 6.45) is 4.42. The molecule has 0 aliphatic heterocycles. The molecule has 0 saturated heterocycles. The molecule has 0 spiro atoms. The highest BCUT2D eigenvalue weighted by molar-refractivity contribution is 8.00. The number of carbonyl (C=O) groups excluding carboxylic acids is 1. The fourth-order valence-electron chi connectivity index (χ4n) is 2.80. The van der Waals surface area contributed by atoms with Gasteiger partial charge in [0.25, 0.3) is 0 Å². The van der Waals surface area contributed by atoms with E-state index in [9.17, 15) is 4.79 Å². The van der Waals surface area contributed by atoms with Gasteiger partial charge in [-0.2, -0.15) is 0 Å². The largest absolute Gasteiger partial charge is 0.497 e. The Morgan fingerprint density at radius 3 is 2.55 bits per heavy atom. The number of pyridine rings is 1. The summed E-state index contributed by atoms with van der Waals surface area (Å²) < 4.78 is 7.22. The topological polar surface area (TPSA) is 81.9 Å². The average molecular weight is 412 g/mol. The third-order valence-electron chi connectivity index (χ3n) is 4.38. The Morgan fingerprint density at radius 1 is 1.17 bits per heavy atom. The number of thioether (sulfide) groups is 1. The van der Waals surface area contributed by atoms with Gasteiger partial charge in [-0.25, -0.2) is 0 Å². The highest BCUT2D eigenvalue weighted by atomic mass is 32.2. The van der Waals surface area contributed by atoms with Gasteiger partial charge in [0.1, 0.15) is 5.75 Å². The van der Waals surface area contributed by atoms with E-state index in [1.165, 1.54) is 11.8 Å². The van der Waals surface area contributed by atoms with Crippen LogP contribution in [0.4, 0.5) is 0 Å². The Labute approximate surface area is 174 Å². The van der Waals surface area contributed by atoms with Crippen molar-refractivity contribution in [1.82, 2.24) is 25.1 Å². The van der Waals surface area contributed by atoms with Crippen LogP contribution in [0.3, 0.4) is 0 Å². The van der Waals surface area contributed by atoms with Gasteiger partial charge in [-0.3, -0.25) is 9.78 Å². The predicted octanol–water partition coefficient (Wildman–Crippen LogP) is 3.56. The molecule has 3 rings (SSSR count). The molecule has 7 nitrogen and oxygen atoms in total. The number of aromatic nitrogens is 4. The molecule has 0 saturated carbocycles. The first-order valence-corrected chi connectivity index (χ1v) is 10.4. The summed E-state index contributed by atoms with van der Waals surface area (Å²) in [4.78, 5) is 16.6. The molecule has 0 aliphatic rings. The number of hydrogen-bond donors (Lipinski definition) is 1. The zero-order chi connectivity index (χ0) is 20.6. The third-order valence-corrected chi connectivity index (χ3v) is 5.46. The number of rotatable bonds is 9. The molecule has 29 heavy (non-hydrogen) atoms. The molecule has 0 unspecified atom stereocenters. The van der Waals surface area contributed by atoms with Crippen LogP contribution in [-0.2, 0) is 17.9 Å². The lowest BCUT2D eigenvalue weighted by molar-refractivity contribution is -0.120. The van der Waals surface area contributed by atoms with E-state index in [-0.39, 0.29) is 11.2 Å². The Kier molecular flexibility index (Phi) is 7.24. The Morgan fingerprint density at radius 2 is 1.90 bits per heavy atom. The summed E-state index contributed by atoms with van der Waals surface area (Å²) in [5.41, 5.74) is 1.98. The van der Waals surface area contributed by atoms with Gasteiger partial charge in [-0.1, -0.05) is 30.8 Å². The van der Waals surface area contributed by atoms with Crippen molar-refractivity contribution in [2.45, 2.75) is 43.8 Å². The summed E-state index contributed by atoms with van der Waals surface area (Å²) in [5, 5.41) is 12.1. The maximum absolute atomic E-state index is 12.6. The number of benzene rings is 1. The molecule has 1 aromatic carbocycles. The van der Waals surface area contributed by atoms with Gasteiger partial charge >= 0.3 is 0 Å². The lowest BCUT2D eigenvalue weighted by Crippen LogP contribution is -2.30. The number of nitrogens with one attached hydrogen (secondary N) is 1. The Bertz CT molecular complexity index is 928. The summed E-state index contributed by atoms with van der Waals surface area (Å²) in [6, 6.07) is 11.5. The van der Waals surface area contributed by atoms with Crippen molar-refractivity contribution in [3.63, 3.8) is 0 Å². The van der Waals surface area contributed by atoms with E-state index in [0.717, 1.165) is 40.8 Å². The molecule has 0 fully saturated rings. The lowest BCUT2D eigenvalue weighted by Gasteiger charge is -2.13. The van der Waals surface area contributed by atoms with Crippen LogP contribution in [0.5, 0.6) is 5.75 Å². The molecule has 152 valence electrons. The number of nitrogens with zero attached hydrogens (tertiary/aromatic N) is 4. The van der Waals surface area contributed by atoms with Crippen LogP contribution >= 0.6 is 11.8 Å². The van der Waals surface area contributed by atoms with E-state index in [0.29, 0.717) is 6.54 Å². The zero-order valence-corrected chi connectivity index (χ0v) is 17.6. The maximum atomic E-state index is 12.6. The smallest absolute Gasteiger partial charge is 0.233 e. The van der Waals surface area contributed by atoms with Crippen molar-refractivity contribution < 1.29 is 9.53 Å². The number of hydrogen-bond acceptors (Lipinski definition) is 6. The Hall–Kier alpha value is -2.87. The first-order chi connectivity index (χ1) is 14.1. The first kappa shape index (κ1) is 20.9. The Balaban J connectivity index is 1.65. The molecule has 8 heteroatoms. The maximum Gasteiger partial charge on any atom is 0.233 e. The minimum absolute atomic E-state index is 0.0395. The summed E-state index contributed by atoms with van der Waals surface area (Å²) in [7, 11) is 1.63. The van der Waals surface area contributed by atoms with E-state index >= 15 is 0 Å². The van der Waals surface area contributed by atoms with Gasteiger partial charge in [0, 0.05) is 31.0 Å². The number of ether oxygens (including phenoxy) is 1. The van der Waals surface area contributed by atoms with E-state index < -0.39 is 0 Å². The number of methoxy groups -OCH3 is 1. The van der Waals surface area contributed by atoms with Gasteiger partial charge in [-0.15, -0.1) is 10.2 Å².